The summed E-state index contributed by atoms with van der Waals surface area (Å²) in [6.07, 6.45) is -3.15. The number of rotatable bonds is 4. The molecule has 0 radical (unpaired) electrons. The van der Waals surface area contributed by atoms with Crippen molar-refractivity contribution in [3.63, 3.8) is 0 Å². The summed E-state index contributed by atoms with van der Waals surface area (Å²) in [4.78, 5) is 30.0. The van der Waals surface area contributed by atoms with Crippen molar-refractivity contribution in [1.82, 2.24) is 9.97 Å². The maximum atomic E-state index is 12.5. The number of alkyl halides is 3. The lowest BCUT2D eigenvalue weighted by molar-refractivity contribution is -0.137. The molecule has 6 nitrogen and oxygen atoms in total. The van der Waals surface area contributed by atoms with Gasteiger partial charge in [0.2, 0.25) is 0 Å². The molecule has 0 unspecified atom stereocenters. The number of ether oxygens (including phenoxy) is 1. The Hall–Kier alpha value is -3.36. The Balaban J connectivity index is 1.62. The zero-order valence-electron chi connectivity index (χ0n) is 13.1. The molecule has 0 aliphatic heterocycles. The molecule has 1 aromatic heterocycles. The van der Waals surface area contributed by atoms with Gasteiger partial charge >= 0.3 is 6.18 Å². The molecular weight excluding hydrogens is 351 g/mol. The van der Waals surface area contributed by atoms with E-state index in [2.05, 4.69) is 15.3 Å². The van der Waals surface area contributed by atoms with E-state index in [1.165, 1.54) is 12.4 Å². The summed E-state index contributed by atoms with van der Waals surface area (Å²) in [7, 11) is 0. The first kappa shape index (κ1) is 17.5. The maximum Gasteiger partial charge on any atom is 0.416 e. The van der Waals surface area contributed by atoms with Crippen LogP contribution in [0.4, 0.5) is 18.9 Å². The van der Waals surface area contributed by atoms with E-state index >= 15 is 0 Å². The van der Waals surface area contributed by atoms with E-state index in [1.54, 1.807) is 12.1 Å². The van der Waals surface area contributed by atoms with Crippen molar-refractivity contribution in [2.75, 3.05) is 11.9 Å². The average Bonchev–Trinajstić information content (AvgIpc) is 2.60. The van der Waals surface area contributed by atoms with E-state index in [4.69, 9.17) is 4.74 Å². The predicted octanol–water partition coefficient (Wildman–Crippen LogP) is 2.96. The van der Waals surface area contributed by atoms with Crippen LogP contribution in [0.25, 0.3) is 10.9 Å². The number of hydrogen-bond acceptors (Lipinski definition) is 4. The SMILES string of the molecule is O=C(COc1ccc(C(F)(F)F)cc1)Nc1ccc2nc[nH]c(=O)c2c1. The highest BCUT2D eigenvalue weighted by atomic mass is 19.4. The van der Waals surface area contributed by atoms with Crippen molar-refractivity contribution in [2.45, 2.75) is 6.18 Å². The Morgan fingerprint density at radius 3 is 2.58 bits per heavy atom. The van der Waals surface area contributed by atoms with Crippen LogP contribution in [-0.4, -0.2) is 22.5 Å². The van der Waals surface area contributed by atoms with Crippen molar-refractivity contribution in [1.29, 1.82) is 0 Å². The summed E-state index contributed by atoms with van der Waals surface area (Å²) >= 11 is 0. The first-order valence-corrected chi connectivity index (χ1v) is 7.40. The highest BCUT2D eigenvalue weighted by Gasteiger charge is 2.30. The van der Waals surface area contributed by atoms with Gasteiger partial charge in [0, 0.05) is 5.69 Å². The molecule has 0 atom stereocenters. The smallest absolute Gasteiger partial charge is 0.416 e. The van der Waals surface area contributed by atoms with Crippen LogP contribution in [0.5, 0.6) is 5.75 Å². The van der Waals surface area contributed by atoms with Gasteiger partial charge < -0.3 is 15.0 Å². The molecule has 0 aliphatic rings. The van der Waals surface area contributed by atoms with Crippen LogP contribution in [0, 0.1) is 0 Å². The first-order valence-electron chi connectivity index (χ1n) is 7.40. The van der Waals surface area contributed by atoms with Crippen LogP contribution >= 0.6 is 0 Å². The third kappa shape index (κ3) is 4.00. The molecule has 1 amide bonds. The van der Waals surface area contributed by atoms with Gasteiger partial charge in [0.1, 0.15) is 5.75 Å². The predicted molar refractivity (Wildman–Crippen MR) is 87.9 cm³/mol. The molecule has 0 aliphatic carbocycles. The Morgan fingerprint density at radius 1 is 1.15 bits per heavy atom. The lowest BCUT2D eigenvalue weighted by Crippen LogP contribution is -2.20. The topological polar surface area (TPSA) is 84.1 Å². The number of nitrogens with zero attached hydrogens (tertiary/aromatic N) is 1. The zero-order chi connectivity index (χ0) is 18.7. The van der Waals surface area contributed by atoms with E-state index < -0.39 is 24.3 Å². The molecule has 9 heteroatoms. The second kappa shape index (κ2) is 6.87. The molecule has 1 heterocycles. The summed E-state index contributed by atoms with van der Waals surface area (Å²) in [5.41, 5.74) is -0.291. The van der Waals surface area contributed by atoms with E-state index in [-0.39, 0.29) is 11.3 Å². The zero-order valence-corrected chi connectivity index (χ0v) is 13.1. The molecule has 2 N–H and O–H groups in total. The molecule has 2 aromatic carbocycles. The van der Waals surface area contributed by atoms with Crippen LogP contribution < -0.4 is 15.6 Å². The molecule has 3 aromatic rings. The summed E-state index contributed by atoms with van der Waals surface area (Å²) in [5.74, 6) is -0.392. The van der Waals surface area contributed by atoms with E-state index in [0.717, 1.165) is 24.3 Å². The minimum absolute atomic E-state index is 0.132. The lowest BCUT2D eigenvalue weighted by Gasteiger charge is -2.10. The summed E-state index contributed by atoms with van der Waals surface area (Å²) < 4.78 is 42.6. The monoisotopic (exact) mass is 363 g/mol. The number of carbonyl (C=O) groups excluding carboxylic acids is 1. The van der Waals surface area contributed by atoms with E-state index in [9.17, 15) is 22.8 Å². The number of anilines is 1. The highest BCUT2D eigenvalue weighted by Crippen LogP contribution is 2.30. The normalized spacial score (nSPS) is 11.3. The Kier molecular flexibility index (Phi) is 4.61. The molecule has 3 rings (SSSR count). The van der Waals surface area contributed by atoms with Crippen molar-refractivity contribution in [2.24, 2.45) is 0 Å². The molecular formula is C17H12F3N3O3. The second-order valence-corrected chi connectivity index (χ2v) is 5.32. The number of aromatic nitrogens is 2. The molecule has 0 spiro atoms. The number of nitrogens with one attached hydrogen (secondary N) is 2. The Labute approximate surface area is 144 Å². The number of amides is 1. The Bertz CT molecular complexity index is 998. The van der Waals surface area contributed by atoms with Crippen LogP contribution in [-0.2, 0) is 11.0 Å². The summed E-state index contributed by atoms with van der Waals surface area (Å²) in [6, 6.07) is 8.64. The van der Waals surface area contributed by atoms with Crippen molar-refractivity contribution < 1.29 is 22.7 Å². The fourth-order valence-corrected chi connectivity index (χ4v) is 2.23. The van der Waals surface area contributed by atoms with Gasteiger partial charge in [0.05, 0.1) is 22.8 Å². The van der Waals surface area contributed by atoms with E-state index in [0.29, 0.717) is 16.6 Å². The molecule has 0 fully saturated rings. The molecule has 26 heavy (non-hydrogen) atoms. The van der Waals surface area contributed by atoms with Gasteiger partial charge in [0.15, 0.2) is 6.61 Å². The lowest BCUT2D eigenvalue weighted by atomic mass is 10.2. The number of H-pyrrole nitrogens is 1. The highest BCUT2D eigenvalue weighted by molar-refractivity contribution is 5.94. The van der Waals surface area contributed by atoms with Gasteiger partial charge in [-0.25, -0.2) is 4.98 Å². The van der Waals surface area contributed by atoms with Gasteiger partial charge in [0.25, 0.3) is 11.5 Å². The standard InChI is InChI=1S/C17H12F3N3O3/c18-17(19,20)10-1-4-12(5-2-10)26-8-15(24)23-11-3-6-14-13(7-11)16(25)22-9-21-14/h1-7,9H,8H2,(H,23,24)(H,21,22,25). The summed E-state index contributed by atoms with van der Waals surface area (Å²) in [6.45, 7) is -0.396. The van der Waals surface area contributed by atoms with Gasteiger partial charge in [-0.15, -0.1) is 0 Å². The quantitative estimate of drug-likeness (QED) is 0.746. The fraction of sp³-hybridized carbons (Fsp3) is 0.118. The largest absolute Gasteiger partial charge is 0.484 e. The van der Waals surface area contributed by atoms with Crippen LogP contribution in [0.1, 0.15) is 5.56 Å². The van der Waals surface area contributed by atoms with Crippen molar-refractivity contribution >= 4 is 22.5 Å². The Morgan fingerprint density at radius 2 is 1.88 bits per heavy atom. The minimum atomic E-state index is -4.43. The maximum absolute atomic E-state index is 12.5. The number of hydrogen-bond donors (Lipinski definition) is 2. The minimum Gasteiger partial charge on any atom is -0.484 e. The first-order chi connectivity index (χ1) is 12.3. The number of halogens is 3. The average molecular weight is 363 g/mol. The molecule has 0 saturated carbocycles. The van der Waals surface area contributed by atoms with Crippen molar-refractivity contribution in [3.8, 4) is 5.75 Å². The number of benzene rings is 2. The van der Waals surface area contributed by atoms with Crippen LogP contribution in [0.15, 0.2) is 53.6 Å². The third-order valence-electron chi connectivity index (χ3n) is 3.48. The van der Waals surface area contributed by atoms with Crippen molar-refractivity contribution in [3.05, 3.63) is 64.7 Å². The summed E-state index contributed by atoms with van der Waals surface area (Å²) in [5, 5.41) is 2.86. The number of fused-ring (bicyclic) bond motifs is 1. The third-order valence-corrected chi connectivity index (χ3v) is 3.48. The molecule has 0 bridgehead atoms. The van der Waals surface area contributed by atoms with Gasteiger partial charge in [-0.3, -0.25) is 9.59 Å². The number of aromatic amines is 1. The van der Waals surface area contributed by atoms with E-state index in [1.807, 2.05) is 0 Å². The van der Waals surface area contributed by atoms with Crippen LogP contribution in [0.2, 0.25) is 0 Å². The van der Waals surface area contributed by atoms with Gasteiger partial charge in [-0.1, -0.05) is 0 Å². The van der Waals surface area contributed by atoms with Crippen LogP contribution in [0.3, 0.4) is 0 Å². The fourth-order valence-electron chi connectivity index (χ4n) is 2.23. The van der Waals surface area contributed by atoms with Gasteiger partial charge in [-0.05, 0) is 42.5 Å². The van der Waals surface area contributed by atoms with Gasteiger partial charge in [-0.2, -0.15) is 13.2 Å². The molecule has 0 saturated heterocycles. The number of carbonyl (C=O) groups is 1. The second-order valence-electron chi connectivity index (χ2n) is 5.32. The molecule has 134 valence electrons.